The zero-order chi connectivity index (χ0) is 10.4. The Morgan fingerprint density at radius 2 is 2.07 bits per heavy atom. The minimum absolute atomic E-state index is 0.406. The van der Waals surface area contributed by atoms with E-state index in [1.54, 1.807) is 6.07 Å². The van der Waals surface area contributed by atoms with Crippen molar-refractivity contribution in [2.24, 2.45) is 0 Å². The minimum atomic E-state index is -3.36. The fraction of sp³-hybridized carbons (Fsp3) is 0.875. The molecular formula is C8H15N3O2S. The summed E-state index contributed by atoms with van der Waals surface area (Å²) in [6.45, 7) is 1.24. The van der Waals surface area contributed by atoms with E-state index in [4.69, 9.17) is 5.26 Å². The highest BCUT2D eigenvalue weighted by molar-refractivity contribution is 7.89. The molecule has 0 atom stereocenters. The number of nitriles is 1. The average Bonchev–Trinajstić information content (AvgIpc) is 2.87. The van der Waals surface area contributed by atoms with Gasteiger partial charge in [0.1, 0.15) is 0 Å². The van der Waals surface area contributed by atoms with Crippen molar-refractivity contribution in [3.63, 3.8) is 0 Å². The molecule has 0 radical (unpaired) electrons. The van der Waals surface area contributed by atoms with Crippen LogP contribution in [0, 0.1) is 11.3 Å². The Labute approximate surface area is 84.5 Å². The predicted octanol–water partition coefficient (Wildman–Crippen LogP) is -0.429. The van der Waals surface area contributed by atoms with Gasteiger partial charge in [0.25, 0.3) is 0 Å². The quantitative estimate of drug-likeness (QED) is 0.567. The third-order valence-electron chi connectivity index (χ3n) is 1.94. The second kappa shape index (κ2) is 5.29. The first-order valence-electron chi connectivity index (χ1n) is 4.72. The predicted molar refractivity (Wildman–Crippen MR) is 53.0 cm³/mol. The summed E-state index contributed by atoms with van der Waals surface area (Å²) < 4.78 is 24.3. The molecule has 2 N–H and O–H groups in total. The summed E-state index contributed by atoms with van der Waals surface area (Å²) in [5, 5.41) is 11.5. The molecule has 0 aromatic rings. The topological polar surface area (TPSA) is 82.0 Å². The Kier molecular flexibility index (Phi) is 4.32. The van der Waals surface area contributed by atoms with Crippen LogP contribution in [0.4, 0.5) is 0 Å². The second-order valence-electron chi connectivity index (χ2n) is 3.39. The molecule has 1 rings (SSSR count). The number of nitrogens with zero attached hydrogens (tertiary/aromatic N) is 1. The van der Waals surface area contributed by atoms with Gasteiger partial charge in [-0.15, -0.1) is 0 Å². The van der Waals surface area contributed by atoms with E-state index < -0.39 is 15.8 Å². The van der Waals surface area contributed by atoms with Crippen molar-refractivity contribution in [2.75, 3.05) is 18.8 Å². The van der Waals surface area contributed by atoms with Crippen molar-refractivity contribution in [2.45, 2.75) is 25.3 Å². The third kappa shape index (κ3) is 5.17. The zero-order valence-electron chi connectivity index (χ0n) is 7.99. The van der Waals surface area contributed by atoms with E-state index >= 15 is 0 Å². The van der Waals surface area contributed by atoms with Crippen molar-refractivity contribution in [1.29, 1.82) is 5.26 Å². The minimum Gasteiger partial charge on any atom is -0.314 e. The first-order chi connectivity index (χ1) is 6.64. The van der Waals surface area contributed by atoms with Crippen LogP contribution in [0.3, 0.4) is 0 Å². The Morgan fingerprint density at radius 3 is 2.64 bits per heavy atom. The van der Waals surface area contributed by atoms with Crippen molar-refractivity contribution in [1.82, 2.24) is 10.0 Å². The van der Waals surface area contributed by atoms with Gasteiger partial charge in [0.2, 0.25) is 10.0 Å². The van der Waals surface area contributed by atoms with Gasteiger partial charge in [0.05, 0.1) is 6.07 Å². The van der Waals surface area contributed by atoms with E-state index in [-0.39, 0.29) is 0 Å². The fourth-order valence-electron chi connectivity index (χ4n) is 1.05. The lowest BCUT2D eigenvalue weighted by Crippen LogP contribution is -2.29. The molecule has 6 heteroatoms. The lowest BCUT2D eigenvalue weighted by atomic mass is 10.4. The summed E-state index contributed by atoms with van der Waals surface area (Å²) >= 11 is 0. The zero-order valence-corrected chi connectivity index (χ0v) is 8.81. The first-order valence-corrected chi connectivity index (χ1v) is 6.37. The van der Waals surface area contributed by atoms with Gasteiger partial charge in [0.15, 0.2) is 5.75 Å². The summed E-state index contributed by atoms with van der Waals surface area (Å²) in [5.74, 6) is -0.455. The molecule has 0 saturated heterocycles. The van der Waals surface area contributed by atoms with Crippen molar-refractivity contribution >= 4 is 10.0 Å². The fourth-order valence-corrected chi connectivity index (χ4v) is 1.77. The van der Waals surface area contributed by atoms with Crippen LogP contribution in [0.1, 0.15) is 19.3 Å². The van der Waals surface area contributed by atoms with Crippen molar-refractivity contribution < 1.29 is 8.42 Å². The molecule has 1 aliphatic rings. The molecule has 0 aromatic heterocycles. The van der Waals surface area contributed by atoms with Crippen molar-refractivity contribution in [3.8, 4) is 6.07 Å². The monoisotopic (exact) mass is 217 g/mol. The van der Waals surface area contributed by atoms with Crippen LogP contribution in [0.15, 0.2) is 0 Å². The van der Waals surface area contributed by atoms with Gasteiger partial charge in [-0.25, -0.2) is 13.1 Å². The number of sulfonamides is 1. The van der Waals surface area contributed by atoms with Crippen LogP contribution < -0.4 is 10.0 Å². The van der Waals surface area contributed by atoms with Crippen molar-refractivity contribution in [3.05, 3.63) is 0 Å². The van der Waals surface area contributed by atoms with Crippen LogP contribution in [-0.2, 0) is 10.0 Å². The molecule has 1 aliphatic carbocycles. The maximum Gasteiger partial charge on any atom is 0.225 e. The maximum absolute atomic E-state index is 11.0. The van der Waals surface area contributed by atoms with E-state index in [1.807, 2.05) is 0 Å². The number of hydrogen-bond acceptors (Lipinski definition) is 4. The van der Waals surface area contributed by atoms with Gasteiger partial charge in [-0.3, -0.25) is 0 Å². The highest BCUT2D eigenvalue weighted by Gasteiger charge is 2.19. The number of nitrogens with one attached hydrogen (secondary N) is 2. The van der Waals surface area contributed by atoms with Crippen LogP contribution in [-0.4, -0.2) is 33.3 Å². The Hall–Kier alpha value is -0.640. The van der Waals surface area contributed by atoms with E-state index in [0.29, 0.717) is 12.6 Å². The highest BCUT2D eigenvalue weighted by atomic mass is 32.2. The van der Waals surface area contributed by atoms with E-state index in [1.165, 1.54) is 12.8 Å². The molecule has 0 bridgehead atoms. The maximum atomic E-state index is 11.0. The second-order valence-corrected chi connectivity index (χ2v) is 5.20. The molecule has 0 aromatic carbocycles. The summed E-state index contributed by atoms with van der Waals surface area (Å²) in [5.41, 5.74) is 0. The van der Waals surface area contributed by atoms with E-state index in [0.717, 1.165) is 13.0 Å². The van der Waals surface area contributed by atoms with Crippen LogP contribution in [0.25, 0.3) is 0 Å². The molecule has 1 fully saturated rings. The van der Waals surface area contributed by atoms with E-state index in [2.05, 4.69) is 10.0 Å². The Balaban J connectivity index is 1.99. The molecule has 0 heterocycles. The molecule has 5 nitrogen and oxygen atoms in total. The number of hydrogen-bond donors (Lipinski definition) is 2. The average molecular weight is 217 g/mol. The lowest BCUT2D eigenvalue weighted by molar-refractivity contribution is 0.576. The van der Waals surface area contributed by atoms with Gasteiger partial charge in [-0.05, 0) is 25.8 Å². The molecule has 0 unspecified atom stereocenters. The summed E-state index contributed by atoms with van der Waals surface area (Å²) in [7, 11) is -3.36. The summed E-state index contributed by atoms with van der Waals surface area (Å²) in [4.78, 5) is 0. The van der Waals surface area contributed by atoms with Crippen LogP contribution in [0.5, 0.6) is 0 Å². The lowest BCUT2D eigenvalue weighted by Gasteiger charge is -2.03. The molecule has 0 amide bonds. The Bertz CT molecular complexity index is 303. The SMILES string of the molecule is N#CCS(=O)(=O)NCCCNC1CC1. The van der Waals surface area contributed by atoms with Gasteiger partial charge >= 0.3 is 0 Å². The largest absolute Gasteiger partial charge is 0.314 e. The van der Waals surface area contributed by atoms with Gasteiger partial charge in [0, 0.05) is 12.6 Å². The summed E-state index contributed by atoms with van der Waals surface area (Å²) in [6, 6.07) is 2.27. The molecular weight excluding hydrogens is 202 g/mol. The van der Waals surface area contributed by atoms with Gasteiger partial charge in [-0.1, -0.05) is 0 Å². The molecule has 0 spiro atoms. The standard InChI is InChI=1S/C8H15N3O2S/c9-4-7-14(12,13)11-6-1-5-10-8-2-3-8/h8,10-11H,1-3,5-7H2. The normalized spacial score (nSPS) is 16.5. The molecule has 14 heavy (non-hydrogen) atoms. The molecule has 80 valence electrons. The molecule has 1 saturated carbocycles. The highest BCUT2D eigenvalue weighted by Crippen LogP contribution is 2.18. The van der Waals surface area contributed by atoms with Crippen LogP contribution in [0.2, 0.25) is 0 Å². The molecule has 0 aliphatic heterocycles. The smallest absolute Gasteiger partial charge is 0.225 e. The van der Waals surface area contributed by atoms with Gasteiger partial charge < -0.3 is 5.32 Å². The number of rotatable bonds is 7. The first kappa shape index (κ1) is 11.4. The van der Waals surface area contributed by atoms with E-state index in [9.17, 15) is 8.42 Å². The van der Waals surface area contributed by atoms with Gasteiger partial charge in [-0.2, -0.15) is 5.26 Å². The van der Waals surface area contributed by atoms with Crippen LogP contribution >= 0.6 is 0 Å². The third-order valence-corrected chi connectivity index (χ3v) is 3.09. The Morgan fingerprint density at radius 1 is 1.36 bits per heavy atom. The summed E-state index contributed by atoms with van der Waals surface area (Å²) in [6.07, 6.45) is 3.24.